The fraction of sp³-hybridized carbons (Fsp3) is 0.316. The van der Waals surface area contributed by atoms with Gasteiger partial charge in [0.25, 0.3) is 0 Å². The van der Waals surface area contributed by atoms with E-state index in [1.807, 2.05) is 0 Å². The van der Waals surface area contributed by atoms with Crippen molar-refractivity contribution in [2.45, 2.75) is 30.6 Å². The highest BCUT2D eigenvalue weighted by atomic mass is 32.2. The minimum atomic E-state index is -3.56. The fourth-order valence-electron chi connectivity index (χ4n) is 3.04. The average Bonchev–Trinajstić information content (AvgIpc) is 2.69. The van der Waals surface area contributed by atoms with Gasteiger partial charge in [-0.2, -0.15) is 4.31 Å². The van der Waals surface area contributed by atoms with Crippen LogP contribution in [0.3, 0.4) is 0 Å². The lowest BCUT2D eigenvalue weighted by Gasteiger charge is -2.25. The van der Waals surface area contributed by atoms with E-state index in [-0.39, 0.29) is 11.3 Å². The second-order valence-electron chi connectivity index (χ2n) is 6.56. The Morgan fingerprint density at radius 1 is 0.929 bits per heavy atom. The maximum atomic E-state index is 13.6. The van der Waals surface area contributed by atoms with Crippen molar-refractivity contribution >= 4 is 21.6 Å². The highest BCUT2D eigenvalue weighted by Gasteiger charge is 2.25. The predicted octanol–water partition coefficient (Wildman–Crippen LogP) is 3.46. The number of carbonyl (C=O) groups excluding carboxylic acids is 1. The molecule has 0 aromatic heterocycles. The number of piperidine rings is 1. The smallest absolute Gasteiger partial charge is 0.243 e. The summed E-state index contributed by atoms with van der Waals surface area (Å²) in [4.78, 5) is 12.2. The third-order valence-electron chi connectivity index (χ3n) is 4.55. The summed E-state index contributed by atoms with van der Waals surface area (Å²) in [5.41, 5.74) is 0.0336. The van der Waals surface area contributed by atoms with Crippen molar-refractivity contribution in [3.8, 4) is 0 Å². The molecule has 0 unspecified atom stereocenters. The maximum Gasteiger partial charge on any atom is 0.243 e. The third kappa shape index (κ3) is 4.36. The van der Waals surface area contributed by atoms with Crippen LogP contribution in [0.15, 0.2) is 41.3 Å². The van der Waals surface area contributed by atoms with Crippen LogP contribution in [0, 0.1) is 17.5 Å². The summed E-state index contributed by atoms with van der Waals surface area (Å²) in [5, 5.41) is 2.18. The quantitative estimate of drug-likeness (QED) is 0.765. The van der Waals surface area contributed by atoms with Crippen LogP contribution in [0.5, 0.6) is 0 Å². The topological polar surface area (TPSA) is 66.5 Å². The van der Waals surface area contributed by atoms with Gasteiger partial charge in [-0.25, -0.2) is 21.6 Å². The van der Waals surface area contributed by atoms with Gasteiger partial charge < -0.3 is 5.32 Å². The Hall–Kier alpha value is -2.39. The summed E-state index contributed by atoms with van der Waals surface area (Å²) < 4.78 is 66.4. The molecule has 1 heterocycles. The summed E-state index contributed by atoms with van der Waals surface area (Å²) in [7, 11) is -3.56. The summed E-state index contributed by atoms with van der Waals surface area (Å²) in [5.74, 6) is -5.13. The van der Waals surface area contributed by atoms with Gasteiger partial charge in [0.2, 0.25) is 15.9 Å². The molecule has 28 heavy (non-hydrogen) atoms. The third-order valence-corrected chi connectivity index (χ3v) is 6.46. The van der Waals surface area contributed by atoms with Crippen LogP contribution in [0.2, 0.25) is 0 Å². The Kier molecular flexibility index (Phi) is 6.04. The number of sulfonamides is 1. The van der Waals surface area contributed by atoms with Gasteiger partial charge in [-0.15, -0.1) is 0 Å². The van der Waals surface area contributed by atoms with Gasteiger partial charge in [0.1, 0.15) is 0 Å². The molecule has 1 saturated heterocycles. The molecule has 2 aromatic rings. The van der Waals surface area contributed by atoms with Crippen LogP contribution < -0.4 is 5.32 Å². The first-order valence-corrected chi connectivity index (χ1v) is 10.3. The Morgan fingerprint density at radius 2 is 1.57 bits per heavy atom. The Morgan fingerprint density at radius 3 is 2.21 bits per heavy atom. The van der Waals surface area contributed by atoms with Crippen molar-refractivity contribution in [3.63, 3.8) is 0 Å². The number of rotatable bonds is 5. The molecule has 0 bridgehead atoms. The minimum Gasteiger partial charge on any atom is -0.323 e. The van der Waals surface area contributed by atoms with E-state index in [1.165, 1.54) is 28.6 Å². The summed E-state index contributed by atoms with van der Waals surface area (Å²) in [6.45, 7) is 0.985. The number of hydrogen-bond donors (Lipinski definition) is 1. The summed E-state index contributed by atoms with van der Waals surface area (Å²) in [6, 6.07) is 7.49. The largest absolute Gasteiger partial charge is 0.323 e. The van der Waals surface area contributed by atoms with Crippen molar-refractivity contribution in [3.05, 3.63) is 59.4 Å². The number of hydrogen-bond acceptors (Lipinski definition) is 3. The van der Waals surface area contributed by atoms with Gasteiger partial charge in [-0.1, -0.05) is 18.6 Å². The van der Waals surface area contributed by atoms with E-state index >= 15 is 0 Å². The monoisotopic (exact) mass is 412 g/mol. The van der Waals surface area contributed by atoms with E-state index < -0.39 is 39.1 Å². The lowest BCUT2D eigenvalue weighted by Crippen LogP contribution is -2.35. The zero-order chi connectivity index (χ0) is 20.3. The van der Waals surface area contributed by atoms with E-state index in [4.69, 9.17) is 0 Å². The molecule has 5 nitrogen and oxygen atoms in total. The highest BCUT2D eigenvalue weighted by molar-refractivity contribution is 7.89. The standard InChI is InChI=1S/C19H19F3N2O3S/c20-15-8-9-16(19(22)18(15)21)23-17(25)12-13-4-6-14(7-5-13)28(26,27)24-10-2-1-3-11-24/h4-9H,1-3,10-12H2,(H,23,25). The molecular weight excluding hydrogens is 393 g/mol. The van der Waals surface area contributed by atoms with Crippen LogP contribution in [-0.4, -0.2) is 31.7 Å². The molecule has 0 spiro atoms. The molecule has 3 rings (SSSR count). The van der Waals surface area contributed by atoms with Gasteiger partial charge in [0.05, 0.1) is 17.0 Å². The van der Waals surface area contributed by atoms with Gasteiger partial charge in [0, 0.05) is 13.1 Å². The van der Waals surface area contributed by atoms with Crippen molar-refractivity contribution in [1.82, 2.24) is 4.31 Å². The number of carbonyl (C=O) groups is 1. The molecule has 1 amide bonds. The van der Waals surface area contributed by atoms with Gasteiger partial charge in [-0.05, 0) is 42.7 Å². The number of nitrogens with zero attached hydrogens (tertiary/aromatic N) is 1. The fourth-order valence-corrected chi connectivity index (χ4v) is 4.55. The summed E-state index contributed by atoms with van der Waals surface area (Å²) in [6.07, 6.45) is 2.50. The highest BCUT2D eigenvalue weighted by Crippen LogP contribution is 2.22. The molecule has 0 atom stereocenters. The number of halogens is 3. The Balaban J connectivity index is 1.67. The zero-order valence-corrected chi connectivity index (χ0v) is 15.7. The van der Waals surface area contributed by atoms with Crippen LogP contribution >= 0.6 is 0 Å². The number of amides is 1. The first kappa shape index (κ1) is 20.3. The second kappa shape index (κ2) is 8.32. The van der Waals surface area contributed by atoms with Crippen molar-refractivity contribution < 1.29 is 26.4 Å². The Bertz CT molecular complexity index is 973. The van der Waals surface area contributed by atoms with E-state index in [9.17, 15) is 26.4 Å². The molecule has 150 valence electrons. The molecule has 0 saturated carbocycles. The Labute approximate surface area is 161 Å². The second-order valence-corrected chi connectivity index (χ2v) is 8.49. The molecule has 9 heteroatoms. The van der Waals surface area contributed by atoms with Gasteiger partial charge in [-0.3, -0.25) is 4.79 Å². The molecule has 1 N–H and O–H groups in total. The first-order chi connectivity index (χ1) is 13.3. The normalized spacial score (nSPS) is 15.4. The summed E-state index contributed by atoms with van der Waals surface area (Å²) >= 11 is 0. The van der Waals surface area contributed by atoms with E-state index in [0.717, 1.165) is 25.3 Å². The average molecular weight is 412 g/mol. The van der Waals surface area contributed by atoms with Crippen LogP contribution in [-0.2, 0) is 21.2 Å². The molecule has 0 aliphatic carbocycles. The molecule has 1 fully saturated rings. The molecule has 1 aliphatic heterocycles. The van der Waals surface area contributed by atoms with Crippen LogP contribution in [0.25, 0.3) is 0 Å². The van der Waals surface area contributed by atoms with Crippen LogP contribution in [0.4, 0.5) is 18.9 Å². The first-order valence-electron chi connectivity index (χ1n) is 8.81. The lowest BCUT2D eigenvalue weighted by atomic mass is 10.1. The molecular formula is C19H19F3N2O3S. The van der Waals surface area contributed by atoms with E-state index in [2.05, 4.69) is 5.32 Å². The minimum absolute atomic E-state index is 0.144. The van der Waals surface area contributed by atoms with Crippen molar-refractivity contribution in [2.75, 3.05) is 18.4 Å². The number of nitrogens with one attached hydrogen (secondary N) is 1. The zero-order valence-electron chi connectivity index (χ0n) is 14.9. The number of anilines is 1. The maximum absolute atomic E-state index is 13.6. The van der Waals surface area contributed by atoms with Crippen LogP contribution in [0.1, 0.15) is 24.8 Å². The van der Waals surface area contributed by atoms with Gasteiger partial charge >= 0.3 is 0 Å². The predicted molar refractivity (Wildman–Crippen MR) is 97.7 cm³/mol. The van der Waals surface area contributed by atoms with E-state index in [1.54, 1.807) is 0 Å². The molecule has 0 radical (unpaired) electrons. The number of benzene rings is 2. The van der Waals surface area contributed by atoms with E-state index in [0.29, 0.717) is 24.7 Å². The molecule has 1 aliphatic rings. The molecule has 2 aromatic carbocycles. The SMILES string of the molecule is O=C(Cc1ccc(S(=O)(=O)N2CCCCC2)cc1)Nc1ccc(F)c(F)c1F. The van der Waals surface area contributed by atoms with Gasteiger partial charge in [0.15, 0.2) is 17.5 Å². The van der Waals surface area contributed by atoms with Crippen molar-refractivity contribution in [1.29, 1.82) is 0 Å². The lowest BCUT2D eigenvalue weighted by molar-refractivity contribution is -0.115. The van der Waals surface area contributed by atoms with Crippen molar-refractivity contribution in [2.24, 2.45) is 0 Å².